The molecule has 4 nitrogen and oxygen atoms in total. The predicted octanol–water partition coefficient (Wildman–Crippen LogP) is 3.89. The molecule has 2 aromatic rings. The van der Waals surface area contributed by atoms with Gasteiger partial charge in [-0.15, -0.1) is 0 Å². The Bertz CT molecular complexity index is 589. The van der Waals surface area contributed by atoms with Crippen molar-refractivity contribution in [1.29, 1.82) is 0 Å². The third-order valence-electron chi connectivity index (χ3n) is 2.96. The maximum Gasteiger partial charge on any atom is 0.407 e. The van der Waals surface area contributed by atoms with Crippen molar-refractivity contribution in [1.82, 2.24) is 5.32 Å². The summed E-state index contributed by atoms with van der Waals surface area (Å²) < 4.78 is 10.8. The molecule has 0 atom stereocenters. The van der Waals surface area contributed by atoms with Crippen molar-refractivity contribution in [3.8, 4) is 5.75 Å². The van der Waals surface area contributed by atoms with Crippen LogP contribution < -0.4 is 10.1 Å². The average Bonchev–Trinajstić information content (AvgIpc) is 2.58. The number of rotatable bonds is 7. The van der Waals surface area contributed by atoms with Crippen LogP contribution in [-0.4, -0.2) is 19.2 Å². The second-order valence-electron chi connectivity index (χ2n) is 4.58. The van der Waals surface area contributed by atoms with Crippen LogP contribution in [0.4, 0.5) is 4.79 Å². The summed E-state index contributed by atoms with van der Waals surface area (Å²) in [5, 5.41) is 3.39. The Balaban J connectivity index is 1.65. The van der Waals surface area contributed by atoms with Crippen molar-refractivity contribution in [3.05, 3.63) is 65.7 Å². The molecule has 0 aromatic heterocycles. The number of benzene rings is 2. The van der Waals surface area contributed by atoms with E-state index in [2.05, 4.69) is 21.2 Å². The second-order valence-corrected chi connectivity index (χ2v) is 5.14. The van der Waals surface area contributed by atoms with Gasteiger partial charge < -0.3 is 14.8 Å². The molecule has 0 heterocycles. The molecule has 5 heteroatoms. The van der Waals surface area contributed by atoms with Crippen molar-refractivity contribution in [3.63, 3.8) is 0 Å². The first kappa shape index (κ1) is 16.4. The molecule has 0 fully saturated rings. The smallest absolute Gasteiger partial charge is 0.407 e. The Morgan fingerprint density at radius 3 is 2.55 bits per heavy atom. The quantitative estimate of drug-likeness (QED) is 0.599. The van der Waals surface area contributed by atoms with E-state index in [-0.39, 0.29) is 6.61 Å². The number of hydrogen-bond acceptors (Lipinski definition) is 3. The second kappa shape index (κ2) is 9.10. The zero-order valence-corrected chi connectivity index (χ0v) is 13.7. The van der Waals surface area contributed by atoms with Crippen LogP contribution in [0.2, 0.25) is 0 Å². The Kier molecular flexibility index (Phi) is 6.77. The average molecular weight is 364 g/mol. The van der Waals surface area contributed by atoms with Crippen molar-refractivity contribution in [2.24, 2.45) is 0 Å². The maximum absolute atomic E-state index is 11.6. The zero-order valence-electron chi connectivity index (χ0n) is 12.1. The molecule has 0 spiro atoms. The summed E-state index contributed by atoms with van der Waals surface area (Å²) in [4.78, 5) is 11.6. The summed E-state index contributed by atoms with van der Waals surface area (Å²) >= 11 is 3.41. The molecule has 0 saturated heterocycles. The number of carbonyl (C=O) groups is 1. The summed E-state index contributed by atoms with van der Waals surface area (Å²) in [6, 6.07) is 17.3. The normalized spacial score (nSPS) is 10.0. The zero-order chi connectivity index (χ0) is 15.6. The molecule has 2 rings (SSSR count). The molecule has 0 radical (unpaired) electrons. The first-order chi connectivity index (χ1) is 10.8. The van der Waals surface area contributed by atoms with E-state index in [1.54, 1.807) is 0 Å². The standard InChI is InChI=1S/C17H18BrNO3/c18-12-15-8-4-5-9-16(15)21-11-10-19-17(20)22-13-14-6-2-1-3-7-14/h1-9H,10-13H2,(H,19,20). The van der Waals surface area contributed by atoms with E-state index in [0.717, 1.165) is 22.2 Å². The molecule has 22 heavy (non-hydrogen) atoms. The number of carbonyl (C=O) groups excluding carboxylic acids is 1. The molecule has 116 valence electrons. The molecule has 0 unspecified atom stereocenters. The summed E-state index contributed by atoms with van der Waals surface area (Å²) in [6.45, 7) is 1.05. The summed E-state index contributed by atoms with van der Waals surface area (Å²) in [6.07, 6.45) is -0.443. The van der Waals surface area contributed by atoms with Gasteiger partial charge >= 0.3 is 6.09 Å². The predicted molar refractivity (Wildman–Crippen MR) is 89.2 cm³/mol. The first-order valence-electron chi connectivity index (χ1n) is 7.01. The van der Waals surface area contributed by atoms with E-state index in [1.807, 2.05) is 54.6 Å². The van der Waals surface area contributed by atoms with Crippen LogP contribution in [0.1, 0.15) is 11.1 Å². The van der Waals surface area contributed by atoms with Gasteiger partial charge in [-0.25, -0.2) is 4.79 Å². The highest BCUT2D eigenvalue weighted by Gasteiger charge is 2.04. The molecule has 1 N–H and O–H groups in total. The molecule has 1 amide bonds. The van der Waals surface area contributed by atoms with Gasteiger partial charge in [0, 0.05) is 10.9 Å². The van der Waals surface area contributed by atoms with Crippen molar-refractivity contribution in [2.45, 2.75) is 11.9 Å². The van der Waals surface area contributed by atoms with Gasteiger partial charge in [-0.2, -0.15) is 0 Å². The summed E-state index contributed by atoms with van der Waals surface area (Å²) in [7, 11) is 0. The van der Waals surface area contributed by atoms with Crippen LogP contribution in [0, 0.1) is 0 Å². The van der Waals surface area contributed by atoms with Crippen LogP contribution in [-0.2, 0) is 16.7 Å². The summed E-state index contributed by atoms with van der Waals surface area (Å²) in [5.74, 6) is 0.818. The molecule has 0 aliphatic carbocycles. The van der Waals surface area contributed by atoms with Crippen LogP contribution in [0.25, 0.3) is 0 Å². The lowest BCUT2D eigenvalue weighted by atomic mass is 10.2. The lowest BCUT2D eigenvalue weighted by Gasteiger charge is -2.10. The Hall–Kier alpha value is -2.01. The van der Waals surface area contributed by atoms with Crippen LogP contribution in [0.3, 0.4) is 0 Å². The van der Waals surface area contributed by atoms with Crippen LogP contribution in [0.15, 0.2) is 54.6 Å². The van der Waals surface area contributed by atoms with Gasteiger partial charge in [-0.3, -0.25) is 0 Å². The SMILES string of the molecule is O=C(NCCOc1ccccc1CBr)OCc1ccccc1. The lowest BCUT2D eigenvalue weighted by Crippen LogP contribution is -2.28. The number of alkyl carbamates (subject to hydrolysis) is 1. The lowest BCUT2D eigenvalue weighted by molar-refractivity contribution is 0.137. The van der Waals surface area contributed by atoms with Crippen molar-refractivity contribution >= 4 is 22.0 Å². The van der Waals surface area contributed by atoms with Gasteiger partial charge in [0.05, 0.1) is 6.54 Å². The first-order valence-corrected chi connectivity index (χ1v) is 8.13. The Morgan fingerprint density at radius 1 is 1.05 bits per heavy atom. The fourth-order valence-corrected chi connectivity index (χ4v) is 2.31. The van der Waals surface area contributed by atoms with Crippen LogP contribution in [0.5, 0.6) is 5.75 Å². The molecule has 0 bridgehead atoms. The van der Waals surface area contributed by atoms with E-state index in [9.17, 15) is 4.79 Å². The molecule has 2 aromatic carbocycles. The van der Waals surface area contributed by atoms with Gasteiger partial charge in [-0.1, -0.05) is 64.5 Å². The highest BCUT2D eigenvalue weighted by atomic mass is 79.9. The van der Waals surface area contributed by atoms with Gasteiger partial charge in [-0.05, 0) is 11.6 Å². The number of alkyl halides is 1. The third kappa shape index (κ3) is 5.41. The number of halogens is 1. The van der Waals surface area contributed by atoms with Crippen molar-refractivity contribution < 1.29 is 14.3 Å². The number of para-hydroxylation sites is 1. The molecular formula is C17H18BrNO3. The van der Waals surface area contributed by atoms with E-state index in [0.29, 0.717) is 13.2 Å². The highest BCUT2D eigenvalue weighted by Crippen LogP contribution is 2.20. The van der Waals surface area contributed by atoms with Gasteiger partial charge in [0.1, 0.15) is 19.0 Å². The fraction of sp³-hybridized carbons (Fsp3) is 0.235. The molecule has 0 aliphatic rings. The van der Waals surface area contributed by atoms with Gasteiger partial charge in [0.15, 0.2) is 0 Å². The largest absolute Gasteiger partial charge is 0.491 e. The van der Waals surface area contributed by atoms with E-state index in [4.69, 9.17) is 9.47 Å². The molecular weight excluding hydrogens is 346 g/mol. The van der Waals surface area contributed by atoms with Crippen molar-refractivity contribution in [2.75, 3.05) is 13.2 Å². The number of nitrogens with one attached hydrogen (secondary N) is 1. The van der Waals surface area contributed by atoms with E-state index in [1.165, 1.54) is 0 Å². The topological polar surface area (TPSA) is 47.6 Å². The monoisotopic (exact) mass is 363 g/mol. The third-order valence-corrected chi connectivity index (χ3v) is 3.56. The minimum atomic E-state index is -0.443. The minimum Gasteiger partial charge on any atom is -0.491 e. The molecule has 0 aliphatic heterocycles. The summed E-state index contributed by atoms with van der Waals surface area (Å²) in [5.41, 5.74) is 2.04. The van der Waals surface area contributed by atoms with E-state index >= 15 is 0 Å². The fourth-order valence-electron chi connectivity index (χ4n) is 1.84. The minimum absolute atomic E-state index is 0.264. The number of ether oxygens (including phenoxy) is 2. The highest BCUT2D eigenvalue weighted by molar-refractivity contribution is 9.08. The maximum atomic E-state index is 11.6. The van der Waals surface area contributed by atoms with Crippen LogP contribution >= 0.6 is 15.9 Å². The Labute approximate surface area is 138 Å². The number of amides is 1. The van der Waals surface area contributed by atoms with Gasteiger partial charge in [0.25, 0.3) is 0 Å². The Morgan fingerprint density at radius 2 is 1.77 bits per heavy atom. The number of hydrogen-bond donors (Lipinski definition) is 1. The molecule has 0 saturated carbocycles. The van der Waals surface area contributed by atoms with E-state index < -0.39 is 6.09 Å². The van der Waals surface area contributed by atoms with Gasteiger partial charge in [0.2, 0.25) is 0 Å².